The van der Waals surface area contributed by atoms with Crippen molar-refractivity contribution < 1.29 is 9.18 Å². The van der Waals surface area contributed by atoms with Crippen molar-refractivity contribution in [2.24, 2.45) is 5.10 Å². The van der Waals surface area contributed by atoms with Crippen molar-refractivity contribution in [2.45, 2.75) is 0 Å². The van der Waals surface area contributed by atoms with E-state index in [0.717, 1.165) is 4.47 Å². The van der Waals surface area contributed by atoms with E-state index in [1.807, 2.05) is 6.07 Å². The van der Waals surface area contributed by atoms with Crippen molar-refractivity contribution in [3.8, 4) is 0 Å². The summed E-state index contributed by atoms with van der Waals surface area (Å²) in [6.45, 7) is 0. The first-order valence-electron chi connectivity index (χ1n) is 5.50. The van der Waals surface area contributed by atoms with Crippen molar-refractivity contribution in [3.05, 3.63) is 69.9 Å². The number of benzene rings is 2. The zero-order chi connectivity index (χ0) is 13.7. The van der Waals surface area contributed by atoms with E-state index >= 15 is 0 Å². The Labute approximate surface area is 118 Å². The number of halogens is 2. The number of carbonyl (C=O) groups excluding carboxylic acids is 1. The number of nitrogens with zero attached hydrogens (tertiary/aromatic N) is 1. The van der Waals surface area contributed by atoms with Crippen molar-refractivity contribution >= 4 is 28.1 Å². The molecule has 1 N–H and O–H groups in total. The van der Waals surface area contributed by atoms with Gasteiger partial charge in [-0.05, 0) is 24.3 Å². The third-order valence-corrected chi connectivity index (χ3v) is 2.86. The lowest BCUT2D eigenvalue weighted by atomic mass is 10.2. The minimum absolute atomic E-state index is 0.317. The fraction of sp³-hybridized carbons (Fsp3) is 0. The molecule has 0 heterocycles. The van der Waals surface area contributed by atoms with Gasteiger partial charge in [-0.3, -0.25) is 4.79 Å². The largest absolute Gasteiger partial charge is 0.271 e. The Morgan fingerprint density at radius 2 is 2.00 bits per heavy atom. The van der Waals surface area contributed by atoms with Gasteiger partial charge in [-0.15, -0.1) is 0 Å². The molecule has 0 unspecified atom stereocenters. The van der Waals surface area contributed by atoms with E-state index in [9.17, 15) is 9.18 Å². The van der Waals surface area contributed by atoms with Crippen LogP contribution in [0.1, 0.15) is 15.9 Å². The predicted octanol–water partition coefficient (Wildman–Crippen LogP) is 3.35. The Kier molecular flexibility index (Phi) is 4.41. The molecule has 96 valence electrons. The molecule has 2 aromatic rings. The second-order valence-corrected chi connectivity index (χ2v) is 4.65. The van der Waals surface area contributed by atoms with Gasteiger partial charge >= 0.3 is 0 Å². The Hall–Kier alpha value is -2.01. The number of carbonyl (C=O) groups is 1. The molecule has 2 rings (SSSR count). The molecule has 19 heavy (non-hydrogen) atoms. The van der Waals surface area contributed by atoms with E-state index in [0.29, 0.717) is 11.1 Å². The summed E-state index contributed by atoms with van der Waals surface area (Å²) in [6, 6.07) is 13.1. The molecule has 0 aliphatic rings. The van der Waals surface area contributed by atoms with E-state index in [-0.39, 0.29) is 11.7 Å². The van der Waals surface area contributed by atoms with Crippen molar-refractivity contribution in [1.29, 1.82) is 0 Å². The highest BCUT2D eigenvalue weighted by Crippen LogP contribution is 2.11. The molecule has 3 nitrogen and oxygen atoms in total. The first-order valence-corrected chi connectivity index (χ1v) is 6.29. The molecule has 2 aromatic carbocycles. The summed E-state index contributed by atoms with van der Waals surface area (Å²) in [6.07, 6.45) is 1.27. The molecule has 1 amide bonds. The SMILES string of the molecule is O=C(N/N=C/c1ccccc1F)c1cccc(Br)c1. The minimum Gasteiger partial charge on any atom is -0.267 e. The van der Waals surface area contributed by atoms with Gasteiger partial charge in [-0.2, -0.15) is 5.10 Å². The van der Waals surface area contributed by atoms with Gasteiger partial charge in [0.05, 0.1) is 6.21 Å². The summed E-state index contributed by atoms with van der Waals surface area (Å²) in [7, 11) is 0. The van der Waals surface area contributed by atoms with Crippen LogP contribution in [0.15, 0.2) is 58.1 Å². The van der Waals surface area contributed by atoms with Crippen LogP contribution < -0.4 is 5.43 Å². The van der Waals surface area contributed by atoms with Crippen molar-refractivity contribution in [1.82, 2.24) is 5.43 Å². The van der Waals surface area contributed by atoms with E-state index in [2.05, 4.69) is 26.5 Å². The van der Waals surface area contributed by atoms with Crippen molar-refractivity contribution in [3.63, 3.8) is 0 Å². The van der Waals surface area contributed by atoms with Crippen LogP contribution in [0.5, 0.6) is 0 Å². The molecular formula is C14H10BrFN2O. The summed E-state index contributed by atoms with van der Waals surface area (Å²) >= 11 is 3.28. The predicted molar refractivity (Wildman–Crippen MR) is 75.6 cm³/mol. The smallest absolute Gasteiger partial charge is 0.267 e. The van der Waals surface area contributed by atoms with E-state index in [1.54, 1.807) is 36.4 Å². The van der Waals surface area contributed by atoms with Gasteiger partial charge in [-0.25, -0.2) is 9.82 Å². The Morgan fingerprint density at radius 3 is 2.74 bits per heavy atom. The van der Waals surface area contributed by atoms with Gasteiger partial charge in [0.1, 0.15) is 5.82 Å². The fourth-order valence-electron chi connectivity index (χ4n) is 1.43. The number of hydrazone groups is 1. The maximum Gasteiger partial charge on any atom is 0.271 e. The summed E-state index contributed by atoms with van der Waals surface area (Å²) in [5.41, 5.74) is 3.13. The van der Waals surface area contributed by atoms with E-state index < -0.39 is 0 Å². The normalized spacial score (nSPS) is 10.6. The molecule has 0 bridgehead atoms. The number of nitrogens with one attached hydrogen (secondary N) is 1. The zero-order valence-electron chi connectivity index (χ0n) is 9.81. The van der Waals surface area contributed by atoms with Gasteiger partial charge in [-0.1, -0.05) is 40.2 Å². The van der Waals surface area contributed by atoms with Crippen LogP contribution in [0, 0.1) is 5.82 Å². The lowest BCUT2D eigenvalue weighted by Gasteiger charge is -2.00. The number of hydrogen-bond acceptors (Lipinski definition) is 2. The van der Waals surface area contributed by atoms with Crippen LogP contribution in [0.2, 0.25) is 0 Å². The highest BCUT2D eigenvalue weighted by atomic mass is 79.9. The highest BCUT2D eigenvalue weighted by Gasteiger charge is 2.04. The maximum atomic E-state index is 13.3. The third-order valence-electron chi connectivity index (χ3n) is 2.36. The lowest BCUT2D eigenvalue weighted by molar-refractivity contribution is 0.0955. The molecule has 0 spiro atoms. The number of amides is 1. The van der Waals surface area contributed by atoms with Gasteiger partial charge < -0.3 is 0 Å². The van der Waals surface area contributed by atoms with Crippen LogP contribution >= 0.6 is 15.9 Å². The second-order valence-electron chi connectivity index (χ2n) is 3.73. The lowest BCUT2D eigenvalue weighted by Crippen LogP contribution is -2.17. The van der Waals surface area contributed by atoms with Crippen LogP contribution in [0.3, 0.4) is 0 Å². The first-order chi connectivity index (χ1) is 9.16. The average Bonchev–Trinajstić information content (AvgIpc) is 2.41. The van der Waals surface area contributed by atoms with Gasteiger partial charge in [0.25, 0.3) is 5.91 Å². The van der Waals surface area contributed by atoms with Gasteiger partial charge in [0, 0.05) is 15.6 Å². The minimum atomic E-state index is -0.386. The molecule has 0 atom stereocenters. The molecule has 5 heteroatoms. The average molecular weight is 321 g/mol. The number of rotatable bonds is 3. The quantitative estimate of drug-likeness (QED) is 0.684. The summed E-state index contributed by atoms with van der Waals surface area (Å²) in [5.74, 6) is -0.739. The van der Waals surface area contributed by atoms with Crippen LogP contribution in [-0.4, -0.2) is 12.1 Å². The van der Waals surface area contributed by atoms with E-state index in [4.69, 9.17) is 0 Å². The zero-order valence-corrected chi connectivity index (χ0v) is 11.4. The molecule has 0 saturated heterocycles. The summed E-state index contributed by atoms with van der Waals surface area (Å²) < 4.78 is 14.1. The van der Waals surface area contributed by atoms with Crippen LogP contribution in [-0.2, 0) is 0 Å². The second kappa shape index (κ2) is 6.24. The molecule has 0 aliphatic heterocycles. The molecule has 0 aliphatic carbocycles. The van der Waals surface area contributed by atoms with Gasteiger partial charge in [0.15, 0.2) is 0 Å². The first kappa shape index (κ1) is 13.4. The Morgan fingerprint density at radius 1 is 1.21 bits per heavy atom. The Bertz CT molecular complexity index is 628. The van der Waals surface area contributed by atoms with E-state index in [1.165, 1.54) is 12.3 Å². The summed E-state index contributed by atoms with van der Waals surface area (Å²) in [5, 5.41) is 3.73. The van der Waals surface area contributed by atoms with Crippen LogP contribution in [0.4, 0.5) is 4.39 Å². The molecular weight excluding hydrogens is 311 g/mol. The highest BCUT2D eigenvalue weighted by molar-refractivity contribution is 9.10. The monoisotopic (exact) mass is 320 g/mol. The van der Waals surface area contributed by atoms with Gasteiger partial charge in [0.2, 0.25) is 0 Å². The fourth-order valence-corrected chi connectivity index (χ4v) is 1.83. The molecule has 0 aromatic heterocycles. The summed E-state index contributed by atoms with van der Waals surface area (Å²) in [4.78, 5) is 11.7. The molecule has 0 radical (unpaired) electrons. The standard InChI is InChI=1S/C14H10BrFN2O/c15-12-6-3-5-10(8-12)14(19)18-17-9-11-4-1-2-7-13(11)16/h1-9H,(H,18,19)/b17-9+. The third kappa shape index (κ3) is 3.72. The Balaban J connectivity index is 2.03. The van der Waals surface area contributed by atoms with Crippen LogP contribution in [0.25, 0.3) is 0 Å². The molecule has 0 fully saturated rings. The maximum absolute atomic E-state index is 13.3. The van der Waals surface area contributed by atoms with Crippen molar-refractivity contribution in [2.75, 3.05) is 0 Å². The number of hydrogen-bond donors (Lipinski definition) is 1. The topological polar surface area (TPSA) is 41.5 Å². The molecule has 0 saturated carbocycles.